The molecule has 30 heavy (non-hydrogen) atoms. The van der Waals surface area contributed by atoms with Crippen molar-refractivity contribution in [3.63, 3.8) is 0 Å². The molecule has 1 aromatic heterocycles. The zero-order chi connectivity index (χ0) is 20.3. The summed E-state index contributed by atoms with van der Waals surface area (Å²) in [5.41, 5.74) is 7.68. The van der Waals surface area contributed by atoms with Crippen molar-refractivity contribution in [2.45, 2.75) is 32.6 Å². The minimum atomic E-state index is -0.193. The maximum absolute atomic E-state index is 13.2. The fourth-order valence-electron chi connectivity index (χ4n) is 4.31. The topological polar surface area (TPSA) is 21.1 Å². The predicted octanol–water partition coefficient (Wildman–Crippen LogP) is 5.45. The molecule has 0 aliphatic carbocycles. The summed E-state index contributed by atoms with van der Waals surface area (Å²) in [6.07, 6.45) is 4.70. The smallest absolute Gasteiger partial charge is 0.123 e. The molecule has 0 saturated heterocycles. The Morgan fingerprint density at radius 1 is 0.833 bits per heavy atom. The molecule has 4 aromatic rings. The van der Waals surface area contributed by atoms with Crippen LogP contribution < -0.4 is 0 Å². The lowest BCUT2D eigenvalue weighted by Crippen LogP contribution is -2.15. The third-order valence-corrected chi connectivity index (χ3v) is 5.84. The second-order valence-corrected chi connectivity index (χ2v) is 7.92. The summed E-state index contributed by atoms with van der Waals surface area (Å²) in [6.45, 7) is 3.70. The molecule has 0 bridgehead atoms. The lowest BCUT2D eigenvalue weighted by atomic mass is 10.0. The Morgan fingerprint density at radius 3 is 2.50 bits per heavy atom. The van der Waals surface area contributed by atoms with Crippen LogP contribution >= 0.6 is 0 Å². The Kier molecular flexibility index (Phi) is 5.16. The van der Waals surface area contributed by atoms with Gasteiger partial charge in [-0.25, -0.2) is 9.37 Å². The normalized spacial score (nSPS) is 13.5. The van der Waals surface area contributed by atoms with E-state index in [4.69, 9.17) is 0 Å². The summed E-state index contributed by atoms with van der Waals surface area (Å²) in [6, 6.07) is 24.0. The summed E-state index contributed by atoms with van der Waals surface area (Å²) in [5.74, 6) is -0.193. The van der Waals surface area contributed by atoms with Gasteiger partial charge in [-0.05, 0) is 40.8 Å². The molecule has 0 N–H and O–H groups in total. The van der Waals surface area contributed by atoms with Gasteiger partial charge in [-0.1, -0.05) is 60.7 Å². The van der Waals surface area contributed by atoms with E-state index in [1.54, 1.807) is 0 Å². The molecule has 0 radical (unpaired) electrons. The SMILES string of the molecule is Fc1ccc(CCn2cncc2-c2cccc3c2CN(Cc2ccccc2)C3)cc1. The summed E-state index contributed by atoms with van der Waals surface area (Å²) >= 11 is 0. The minimum absolute atomic E-state index is 0.193. The van der Waals surface area contributed by atoms with Crippen LogP contribution in [0.5, 0.6) is 0 Å². The molecule has 0 amide bonds. The number of halogens is 1. The Hall–Kier alpha value is -3.24. The number of aryl methyl sites for hydroxylation is 2. The quantitative estimate of drug-likeness (QED) is 0.431. The molecule has 5 rings (SSSR count). The monoisotopic (exact) mass is 397 g/mol. The van der Waals surface area contributed by atoms with Gasteiger partial charge < -0.3 is 4.57 Å². The first kappa shape index (κ1) is 18.8. The van der Waals surface area contributed by atoms with E-state index in [2.05, 4.69) is 63.0 Å². The molecular weight excluding hydrogens is 373 g/mol. The first-order chi connectivity index (χ1) is 14.8. The van der Waals surface area contributed by atoms with Gasteiger partial charge in [0.1, 0.15) is 5.82 Å². The van der Waals surface area contributed by atoms with Crippen LogP contribution in [0.4, 0.5) is 4.39 Å². The van der Waals surface area contributed by atoms with Crippen molar-refractivity contribution in [2.24, 2.45) is 0 Å². The van der Waals surface area contributed by atoms with Crippen LogP contribution in [-0.4, -0.2) is 14.5 Å². The number of benzene rings is 3. The lowest BCUT2D eigenvalue weighted by molar-refractivity contribution is 0.275. The lowest BCUT2D eigenvalue weighted by Gasteiger charge is -2.15. The van der Waals surface area contributed by atoms with Crippen LogP contribution in [0.15, 0.2) is 85.3 Å². The van der Waals surface area contributed by atoms with E-state index in [9.17, 15) is 4.39 Å². The summed E-state index contributed by atoms with van der Waals surface area (Å²) < 4.78 is 15.4. The molecule has 1 aliphatic rings. The molecule has 2 heterocycles. The van der Waals surface area contributed by atoms with Crippen LogP contribution in [-0.2, 0) is 32.6 Å². The largest absolute Gasteiger partial charge is 0.330 e. The van der Waals surface area contributed by atoms with Crippen molar-refractivity contribution in [1.82, 2.24) is 14.5 Å². The van der Waals surface area contributed by atoms with Crippen LogP contribution in [0.3, 0.4) is 0 Å². The van der Waals surface area contributed by atoms with Crippen LogP contribution in [0.25, 0.3) is 11.3 Å². The summed E-state index contributed by atoms with van der Waals surface area (Å²) in [4.78, 5) is 6.92. The number of rotatable bonds is 6. The summed E-state index contributed by atoms with van der Waals surface area (Å²) in [5, 5.41) is 0. The molecule has 1 aliphatic heterocycles. The molecular formula is C26H24FN3. The van der Waals surface area contributed by atoms with E-state index < -0.39 is 0 Å². The Labute approximate surface area is 176 Å². The molecule has 4 heteroatoms. The molecule has 3 nitrogen and oxygen atoms in total. The number of imidazole rings is 1. The molecule has 0 atom stereocenters. The molecule has 0 saturated carbocycles. The van der Waals surface area contributed by atoms with Gasteiger partial charge in [0.15, 0.2) is 0 Å². The van der Waals surface area contributed by atoms with Crippen LogP contribution in [0, 0.1) is 5.82 Å². The third kappa shape index (κ3) is 3.91. The number of nitrogens with zero attached hydrogens (tertiary/aromatic N) is 3. The van der Waals surface area contributed by atoms with E-state index in [1.165, 1.54) is 34.4 Å². The number of hydrogen-bond acceptors (Lipinski definition) is 2. The first-order valence-corrected chi connectivity index (χ1v) is 10.4. The highest BCUT2D eigenvalue weighted by molar-refractivity contribution is 5.66. The fraction of sp³-hybridized carbons (Fsp3) is 0.192. The van der Waals surface area contributed by atoms with Crippen LogP contribution in [0.2, 0.25) is 0 Å². The van der Waals surface area contributed by atoms with E-state index in [0.29, 0.717) is 0 Å². The summed E-state index contributed by atoms with van der Waals surface area (Å²) in [7, 11) is 0. The number of fused-ring (bicyclic) bond motifs is 1. The van der Waals surface area contributed by atoms with Gasteiger partial charge >= 0.3 is 0 Å². The second-order valence-electron chi connectivity index (χ2n) is 7.92. The Balaban J connectivity index is 1.35. The average Bonchev–Trinajstić information content (AvgIpc) is 3.40. The molecule has 0 fully saturated rings. The van der Waals surface area contributed by atoms with Crippen molar-refractivity contribution in [3.8, 4) is 11.3 Å². The first-order valence-electron chi connectivity index (χ1n) is 10.4. The van der Waals surface area contributed by atoms with Gasteiger partial charge in [-0.2, -0.15) is 0 Å². The van der Waals surface area contributed by atoms with Gasteiger partial charge in [0, 0.05) is 31.7 Å². The van der Waals surface area contributed by atoms with E-state index in [1.807, 2.05) is 24.7 Å². The van der Waals surface area contributed by atoms with E-state index in [-0.39, 0.29) is 5.82 Å². The number of aromatic nitrogens is 2. The second kappa shape index (κ2) is 8.25. The molecule has 3 aromatic carbocycles. The van der Waals surface area contributed by atoms with E-state index >= 15 is 0 Å². The highest BCUT2D eigenvalue weighted by atomic mass is 19.1. The zero-order valence-electron chi connectivity index (χ0n) is 16.8. The van der Waals surface area contributed by atoms with Crippen molar-refractivity contribution in [2.75, 3.05) is 0 Å². The van der Waals surface area contributed by atoms with Crippen LogP contribution in [0.1, 0.15) is 22.3 Å². The minimum Gasteiger partial charge on any atom is -0.330 e. The van der Waals surface area contributed by atoms with Gasteiger partial charge in [0.2, 0.25) is 0 Å². The van der Waals surface area contributed by atoms with E-state index in [0.717, 1.165) is 43.9 Å². The standard InChI is InChI=1S/C26H24FN3/c27-23-11-9-20(10-12-23)13-14-30-19-28-15-26(30)24-8-4-7-22-17-29(18-25(22)24)16-21-5-2-1-3-6-21/h1-12,15,19H,13-14,16-18H2. The molecule has 0 unspecified atom stereocenters. The van der Waals surface area contributed by atoms with Crippen molar-refractivity contribution in [1.29, 1.82) is 0 Å². The maximum atomic E-state index is 13.2. The highest BCUT2D eigenvalue weighted by Crippen LogP contribution is 2.33. The highest BCUT2D eigenvalue weighted by Gasteiger charge is 2.23. The molecule has 150 valence electrons. The average molecular weight is 397 g/mol. The predicted molar refractivity (Wildman–Crippen MR) is 117 cm³/mol. The van der Waals surface area contributed by atoms with Crippen molar-refractivity contribution < 1.29 is 4.39 Å². The molecule has 0 spiro atoms. The zero-order valence-corrected chi connectivity index (χ0v) is 16.8. The van der Waals surface area contributed by atoms with Gasteiger partial charge in [-0.15, -0.1) is 0 Å². The maximum Gasteiger partial charge on any atom is 0.123 e. The van der Waals surface area contributed by atoms with Gasteiger partial charge in [-0.3, -0.25) is 4.90 Å². The Bertz CT molecular complexity index is 1130. The third-order valence-electron chi connectivity index (χ3n) is 5.84. The fourth-order valence-corrected chi connectivity index (χ4v) is 4.31. The van der Waals surface area contributed by atoms with Crippen molar-refractivity contribution >= 4 is 0 Å². The Morgan fingerprint density at radius 2 is 1.67 bits per heavy atom. The number of hydrogen-bond donors (Lipinski definition) is 0. The van der Waals surface area contributed by atoms with Gasteiger partial charge in [0.25, 0.3) is 0 Å². The van der Waals surface area contributed by atoms with Crippen molar-refractivity contribution in [3.05, 3.63) is 113 Å². The van der Waals surface area contributed by atoms with Gasteiger partial charge in [0.05, 0.1) is 18.2 Å².